The van der Waals surface area contributed by atoms with E-state index in [1.165, 1.54) is 0 Å². The zero-order valence-electron chi connectivity index (χ0n) is 18.6. The number of halogens is 1. The second-order valence-electron chi connectivity index (χ2n) is 7.43. The Morgan fingerprint density at radius 3 is 2.00 bits per heavy atom. The van der Waals surface area contributed by atoms with Crippen LogP contribution in [0.2, 0.25) is 0 Å². The van der Waals surface area contributed by atoms with Gasteiger partial charge in [-0.15, -0.1) is 0 Å². The minimum atomic E-state index is 0. The molecule has 4 aromatic carbocycles. The molecule has 0 aliphatic carbocycles. The number of hydrogen-bond donors (Lipinski definition) is 0. The molecule has 7 heteroatoms. The van der Waals surface area contributed by atoms with Crippen molar-refractivity contribution < 1.29 is 26.7 Å². The van der Waals surface area contributed by atoms with E-state index in [9.17, 15) is 0 Å². The molecule has 0 saturated carbocycles. The third-order valence-electron chi connectivity index (χ3n) is 5.21. The maximum Gasteiger partial charge on any atom is 0.340 e. The second-order valence-corrected chi connectivity index (χ2v) is 7.43. The summed E-state index contributed by atoms with van der Waals surface area (Å²) in [6, 6.07) is 35.6. The van der Waals surface area contributed by atoms with Crippen molar-refractivity contribution in [2.24, 2.45) is 0 Å². The molecule has 1 aromatic heterocycles. The normalized spacial score (nSPS) is 10.4. The van der Waals surface area contributed by atoms with Crippen molar-refractivity contribution in [3.63, 3.8) is 0 Å². The lowest BCUT2D eigenvalue weighted by atomic mass is 10.2. The molecule has 0 amide bonds. The van der Waals surface area contributed by atoms with E-state index in [0.717, 1.165) is 34.0 Å². The van der Waals surface area contributed by atoms with Gasteiger partial charge in [0.1, 0.15) is 23.8 Å². The summed E-state index contributed by atoms with van der Waals surface area (Å²) in [6.45, 7) is 0.526. The molecular weight excluding hydrogens is 448 g/mol. The summed E-state index contributed by atoms with van der Waals surface area (Å²) >= 11 is 0. The van der Waals surface area contributed by atoms with Gasteiger partial charge in [-0.25, -0.2) is 0 Å². The van der Waals surface area contributed by atoms with Gasteiger partial charge in [-0.3, -0.25) is 0 Å². The zero-order valence-corrected chi connectivity index (χ0v) is 19.3. The average Bonchev–Trinajstić information content (AvgIpc) is 3.34. The van der Waals surface area contributed by atoms with Crippen molar-refractivity contribution in [2.75, 3.05) is 7.11 Å². The highest BCUT2D eigenvalue weighted by atomic mass is 35.5. The van der Waals surface area contributed by atoms with E-state index >= 15 is 0 Å². The van der Waals surface area contributed by atoms with E-state index in [4.69, 9.17) is 19.7 Å². The molecule has 0 atom stereocenters. The molecule has 6 nitrogen and oxygen atoms in total. The molecule has 0 unspecified atom stereocenters. The number of benzene rings is 4. The van der Waals surface area contributed by atoms with Crippen molar-refractivity contribution in [1.29, 1.82) is 0 Å². The topological polar surface area (TPSA) is 53.1 Å². The summed E-state index contributed by atoms with van der Waals surface area (Å²) in [5.41, 5.74) is 3.82. The predicted octanol–water partition coefficient (Wildman–Crippen LogP) is 1.80. The number of para-hydroxylation sites is 1. The van der Waals surface area contributed by atoms with Gasteiger partial charge >= 0.3 is 5.82 Å². The molecule has 0 N–H and O–H groups in total. The average molecular weight is 471 g/mol. The van der Waals surface area contributed by atoms with Crippen molar-refractivity contribution >= 4 is 0 Å². The molecule has 0 radical (unpaired) electrons. The third-order valence-corrected chi connectivity index (χ3v) is 5.21. The van der Waals surface area contributed by atoms with E-state index in [1.54, 1.807) is 16.7 Å². The Balaban J connectivity index is 0.00000274. The van der Waals surface area contributed by atoms with Crippen molar-refractivity contribution in [3.05, 3.63) is 115 Å². The number of tetrazole rings is 1. The lowest BCUT2D eigenvalue weighted by Gasteiger charge is -2.05. The van der Waals surface area contributed by atoms with Gasteiger partial charge < -0.3 is 21.9 Å². The Morgan fingerprint density at radius 1 is 0.735 bits per heavy atom. The molecule has 0 aliphatic heterocycles. The van der Waals surface area contributed by atoms with Gasteiger partial charge in [0.25, 0.3) is 0 Å². The van der Waals surface area contributed by atoms with E-state index in [2.05, 4.69) is 0 Å². The second kappa shape index (κ2) is 10.6. The Bertz CT molecular complexity index is 1320. The fourth-order valence-electron chi connectivity index (χ4n) is 3.45. The van der Waals surface area contributed by atoms with E-state index in [0.29, 0.717) is 12.4 Å². The number of nitrogens with zero attached hydrogens (tertiary/aromatic N) is 4. The predicted molar refractivity (Wildman–Crippen MR) is 126 cm³/mol. The van der Waals surface area contributed by atoms with Crippen LogP contribution in [-0.2, 0) is 6.61 Å². The Labute approximate surface area is 204 Å². The smallest absolute Gasteiger partial charge is 0.340 e. The summed E-state index contributed by atoms with van der Waals surface area (Å²) in [4.78, 5) is 3.57. The molecule has 170 valence electrons. The Kier molecular flexibility index (Phi) is 7.20. The van der Waals surface area contributed by atoms with Crippen LogP contribution in [0, 0.1) is 0 Å². The van der Waals surface area contributed by atoms with Crippen molar-refractivity contribution in [3.8, 4) is 34.3 Å². The van der Waals surface area contributed by atoms with Crippen LogP contribution in [0.1, 0.15) is 5.56 Å². The molecule has 0 spiro atoms. The van der Waals surface area contributed by atoms with Gasteiger partial charge in [0.05, 0.1) is 17.8 Å². The summed E-state index contributed by atoms with van der Waals surface area (Å²) in [6.07, 6.45) is 0. The largest absolute Gasteiger partial charge is 1.00 e. The molecule has 5 rings (SSSR count). The number of rotatable bonds is 7. The van der Waals surface area contributed by atoms with Crippen LogP contribution >= 0.6 is 0 Å². The van der Waals surface area contributed by atoms with Gasteiger partial charge in [-0.2, -0.15) is 0 Å². The van der Waals surface area contributed by atoms with Crippen LogP contribution < -0.4 is 26.7 Å². The maximum atomic E-state index is 5.91. The van der Waals surface area contributed by atoms with Crippen LogP contribution in [0.4, 0.5) is 0 Å². The molecule has 0 aliphatic rings. The van der Waals surface area contributed by atoms with Crippen LogP contribution in [-0.4, -0.2) is 22.1 Å². The first-order chi connectivity index (χ1) is 16.3. The molecule has 0 saturated heterocycles. The van der Waals surface area contributed by atoms with Crippen LogP contribution in [0.5, 0.6) is 11.5 Å². The van der Waals surface area contributed by atoms with Gasteiger partial charge in [-0.1, -0.05) is 48.5 Å². The van der Waals surface area contributed by atoms with E-state index in [-0.39, 0.29) is 12.4 Å². The first kappa shape index (κ1) is 23.0. The number of aromatic nitrogens is 4. The SMILES string of the molecule is COc1ccc(-[n+]2nc(-c3ccc(OCc4ccccc4)cc3)nn2-c2ccccc2)cc1.[Cl-]. The van der Waals surface area contributed by atoms with Crippen LogP contribution in [0.3, 0.4) is 0 Å². The highest BCUT2D eigenvalue weighted by Crippen LogP contribution is 2.21. The summed E-state index contributed by atoms with van der Waals surface area (Å²) in [5, 5.41) is 9.58. The highest BCUT2D eigenvalue weighted by molar-refractivity contribution is 5.55. The summed E-state index contributed by atoms with van der Waals surface area (Å²) in [7, 11) is 1.65. The summed E-state index contributed by atoms with van der Waals surface area (Å²) in [5.74, 6) is 2.20. The third kappa shape index (κ3) is 5.08. The van der Waals surface area contributed by atoms with Gasteiger partial charge in [0, 0.05) is 4.80 Å². The van der Waals surface area contributed by atoms with Crippen molar-refractivity contribution in [2.45, 2.75) is 6.61 Å². The minimum absolute atomic E-state index is 0. The number of ether oxygens (including phenoxy) is 2. The quantitative estimate of drug-likeness (QED) is 0.340. The Morgan fingerprint density at radius 2 is 1.35 bits per heavy atom. The highest BCUT2D eigenvalue weighted by Gasteiger charge is 2.23. The lowest BCUT2D eigenvalue weighted by molar-refractivity contribution is -0.734. The first-order valence-electron chi connectivity index (χ1n) is 10.7. The molecule has 34 heavy (non-hydrogen) atoms. The molecule has 5 aromatic rings. The molecule has 0 fully saturated rings. The Hall–Kier alpha value is -4.16. The lowest BCUT2D eigenvalue weighted by Crippen LogP contribution is -3.00. The van der Waals surface area contributed by atoms with Gasteiger partial charge in [0.15, 0.2) is 5.69 Å². The van der Waals surface area contributed by atoms with Crippen LogP contribution in [0.25, 0.3) is 22.8 Å². The zero-order chi connectivity index (χ0) is 22.5. The first-order valence-corrected chi connectivity index (χ1v) is 10.7. The van der Waals surface area contributed by atoms with Gasteiger partial charge in [0.2, 0.25) is 0 Å². The standard InChI is InChI=1S/C27H23N4O2.ClH/c1-32-25-18-14-24(15-19-25)31-29-27(28-30(31)23-10-6-3-7-11-23)22-12-16-26(17-13-22)33-20-21-8-4-2-5-9-21;/h2-19H,20H2,1H3;1H/q+1;/p-1. The van der Waals surface area contributed by atoms with E-state index < -0.39 is 0 Å². The van der Waals surface area contributed by atoms with Crippen molar-refractivity contribution in [1.82, 2.24) is 15.0 Å². The monoisotopic (exact) mass is 470 g/mol. The fraction of sp³-hybridized carbons (Fsp3) is 0.0741. The van der Waals surface area contributed by atoms with Gasteiger partial charge in [-0.05, 0) is 76.1 Å². The molecular formula is C27H23ClN4O2. The van der Waals surface area contributed by atoms with E-state index in [1.807, 2.05) is 109 Å². The molecule has 1 heterocycles. The number of methoxy groups -OCH3 is 1. The maximum absolute atomic E-state index is 5.91. The van der Waals surface area contributed by atoms with Crippen LogP contribution in [0.15, 0.2) is 109 Å². The number of hydrogen-bond acceptors (Lipinski definition) is 4. The fourth-order valence-corrected chi connectivity index (χ4v) is 3.45. The summed E-state index contributed by atoms with van der Waals surface area (Å²) < 4.78 is 11.2. The minimum Gasteiger partial charge on any atom is -1.00 e. The molecule has 0 bridgehead atoms.